The van der Waals surface area contributed by atoms with Crippen molar-refractivity contribution < 1.29 is 167 Å². The monoisotopic (exact) mass is 608 g/mol. The number of rotatable bonds is 0. The van der Waals surface area contributed by atoms with Gasteiger partial charge in [0.2, 0.25) is 0 Å². The fourth-order valence-electron chi connectivity index (χ4n) is 1.52. The van der Waals surface area contributed by atoms with E-state index in [1.807, 2.05) is 0 Å². The molecule has 30 heavy (non-hydrogen) atoms. The molecule has 0 spiro atoms. The zero-order valence-electron chi connectivity index (χ0n) is 15.3. The van der Waals surface area contributed by atoms with E-state index in [-0.39, 0.29) is 146 Å². The fraction of sp³-hybridized carbons (Fsp3) is 1.00. The second-order valence-electron chi connectivity index (χ2n) is 3.46. The van der Waals surface area contributed by atoms with Gasteiger partial charge in [0.1, 0.15) is 52.4 Å². The van der Waals surface area contributed by atoms with E-state index in [2.05, 4.69) is 21.3 Å². The zero-order valence-corrected chi connectivity index (χ0v) is 20.4. The molecule has 0 atom stereocenters. The second-order valence-corrected chi connectivity index (χ2v) is 3.46. The summed E-state index contributed by atoms with van der Waals surface area (Å²) in [5.41, 5.74) is 0. The standard InChI is InChI=1S/2C4H10N2.4Cr.14O/c2*1-2-6-4-3-5-1;;;;;;;;;;;;;;;;;;/h2*5-6H,1-4H2;;;;;;;;;;;;;;;;;;/q;;4*+6;14*-2/p+4. The molecule has 0 bridgehead atoms. The third kappa shape index (κ3) is 132. The van der Waals surface area contributed by atoms with Gasteiger partial charge in [0, 0.05) is 0 Å². The van der Waals surface area contributed by atoms with Gasteiger partial charge in [-0.25, -0.2) is 0 Å². The summed E-state index contributed by atoms with van der Waals surface area (Å²) in [6.45, 7) is 10.6. The molecule has 0 aromatic heterocycles. The van der Waals surface area contributed by atoms with Crippen LogP contribution >= 0.6 is 0 Å². The Morgan fingerprint density at radius 2 is 0.267 bits per heavy atom. The average Bonchev–Trinajstić information content (AvgIpc) is 2.24. The van der Waals surface area contributed by atoms with Crippen LogP contribution in [0.2, 0.25) is 0 Å². The summed E-state index contributed by atoms with van der Waals surface area (Å²) >= 11 is 0. The number of nitrogens with two attached hydrogens (primary N) is 4. The molecule has 0 aromatic rings. The predicted molar refractivity (Wildman–Crippen MR) is 56.2 cm³/mol. The molecule has 184 valence electrons. The molecule has 2 fully saturated rings. The van der Waals surface area contributed by atoms with Gasteiger partial charge in [-0.1, -0.05) is 0 Å². The summed E-state index contributed by atoms with van der Waals surface area (Å²) in [6.07, 6.45) is 0. The first-order chi connectivity index (χ1) is 6.00. The largest absolute Gasteiger partial charge is 6.00 e. The van der Waals surface area contributed by atoms with Crippen molar-refractivity contribution in [2.75, 3.05) is 52.4 Å². The number of quaternary nitrogens is 4. The van der Waals surface area contributed by atoms with Crippen molar-refractivity contribution in [3.63, 3.8) is 0 Å². The van der Waals surface area contributed by atoms with Gasteiger partial charge in [-0.05, 0) is 0 Å². The van der Waals surface area contributed by atoms with Crippen molar-refractivity contribution in [2.45, 2.75) is 0 Å². The Kier molecular flexibility index (Phi) is 788. The van der Waals surface area contributed by atoms with Crippen LogP contribution in [0.3, 0.4) is 0 Å². The van der Waals surface area contributed by atoms with Crippen LogP contribution in [-0.2, 0) is 146 Å². The first-order valence-corrected chi connectivity index (χ1v) is 5.27. The second kappa shape index (κ2) is 146. The van der Waals surface area contributed by atoms with Crippen LogP contribution in [0.15, 0.2) is 0 Å². The molecule has 0 unspecified atom stereocenters. The van der Waals surface area contributed by atoms with Crippen LogP contribution in [0.5, 0.6) is 0 Å². The molecule has 2 aliphatic rings. The van der Waals surface area contributed by atoms with Gasteiger partial charge in [0.05, 0.1) is 0 Å². The molecular weight excluding hydrogens is 584 g/mol. The summed E-state index contributed by atoms with van der Waals surface area (Å²) in [5, 5.41) is 9.44. The minimum absolute atomic E-state index is 0. The molecule has 8 N–H and O–H groups in total. The van der Waals surface area contributed by atoms with Crippen LogP contribution in [0, 0.1) is 0 Å². The Morgan fingerprint density at radius 3 is 0.300 bits per heavy atom. The van der Waals surface area contributed by atoms with E-state index < -0.39 is 0 Å². The Balaban J connectivity index is -0.00000000375. The van der Waals surface area contributed by atoms with Gasteiger partial charge < -0.3 is 97.9 Å². The Hall–Kier alpha value is 1.41. The van der Waals surface area contributed by atoms with Crippen LogP contribution < -0.4 is 21.3 Å². The topological polar surface area (TPSA) is 465 Å². The van der Waals surface area contributed by atoms with Crippen LogP contribution in [0.4, 0.5) is 0 Å². The third-order valence-electron chi connectivity index (χ3n) is 2.30. The molecule has 2 rings (SSSR count). The number of piperazine rings is 2. The van der Waals surface area contributed by atoms with Gasteiger partial charge in [0.25, 0.3) is 0 Å². The van der Waals surface area contributed by atoms with E-state index in [0.717, 1.165) is 0 Å². The van der Waals surface area contributed by atoms with Gasteiger partial charge in [-0.3, -0.25) is 0 Å². The average molecular weight is 608 g/mol. The Bertz CT molecular complexity index is 96.9. The summed E-state index contributed by atoms with van der Waals surface area (Å²) in [7, 11) is 0. The van der Waals surface area contributed by atoms with E-state index in [4.69, 9.17) is 0 Å². The van der Waals surface area contributed by atoms with Gasteiger partial charge in [-0.15, -0.1) is 0 Å². The molecule has 0 radical (unpaired) electrons. The maximum atomic E-state index is 2.36. The molecule has 0 saturated carbocycles. The number of hydrogen-bond donors (Lipinski definition) is 4. The first-order valence-electron chi connectivity index (χ1n) is 5.27. The molecule has 0 aromatic carbocycles. The molecule has 0 amide bonds. The summed E-state index contributed by atoms with van der Waals surface area (Å²) in [6, 6.07) is 0. The van der Waals surface area contributed by atoms with Crippen molar-refractivity contribution in [3.8, 4) is 0 Å². The molecule has 22 heteroatoms. The normalized spacial score (nSPS) is 9.60. The van der Waals surface area contributed by atoms with Crippen molar-refractivity contribution in [2.24, 2.45) is 0 Å². The van der Waals surface area contributed by atoms with Crippen LogP contribution in [0.25, 0.3) is 0 Å². The minimum atomic E-state index is 0. The van der Waals surface area contributed by atoms with Gasteiger partial charge >= 0.3 is 69.4 Å². The molecule has 2 heterocycles. The first kappa shape index (κ1) is 162. The summed E-state index contributed by atoms with van der Waals surface area (Å²) in [5.74, 6) is 0. The van der Waals surface area contributed by atoms with Gasteiger partial charge in [-0.2, -0.15) is 0 Å². The van der Waals surface area contributed by atoms with E-state index in [9.17, 15) is 0 Å². The molecular formula is C8H24Cr4N4O14. The zero-order chi connectivity index (χ0) is 8.49. The Morgan fingerprint density at radius 1 is 0.200 bits per heavy atom. The Labute approximate surface area is 219 Å². The molecule has 18 nitrogen and oxygen atoms in total. The predicted octanol–water partition coefficient (Wildman–Crippen LogP) is -7.42. The van der Waals surface area contributed by atoms with E-state index in [1.54, 1.807) is 0 Å². The van der Waals surface area contributed by atoms with Crippen LogP contribution in [0.1, 0.15) is 0 Å². The summed E-state index contributed by atoms with van der Waals surface area (Å²) in [4.78, 5) is 0. The van der Waals surface area contributed by atoms with E-state index in [0.29, 0.717) is 0 Å². The summed E-state index contributed by atoms with van der Waals surface area (Å²) < 4.78 is 0. The van der Waals surface area contributed by atoms with Gasteiger partial charge in [0.15, 0.2) is 0 Å². The maximum Gasteiger partial charge on any atom is 6.00 e. The minimum Gasteiger partial charge on any atom is -2.00 e. The molecule has 2 saturated heterocycles. The maximum absolute atomic E-state index is 2.36. The molecule has 0 aliphatic carbocycles. The van der Waals surface area contributed by atoms with Crippen LogP contribution in [-0.4, -0.2) is 52.4 Å². The van der Waals surface area contributed by atoms with Crippen molar-refractivity contribution in [1.82, 2.24) is 0 Å². The third-order valence-corrected chi connectivity index (χ3v) is 2.30. The quantitative estimate of drug-likeness (QED) is 0.199. The van der Waals surface area contributed by atoms with Crippen molar-refractivity contribution in [1.29, 1.82) is 0 Å². The van der Waals surface area contributed by atoms with E-state index in [1.165, 1.54) is 52.4 Å². The molecule has 2 aliphatic heterocycles. The van der Waals surface area contributed by atoms with Crippen molar-refractivity contribution >= 4 is 0 Å². The fourth-order valence-corrected chi connectivity index (χ4v) is 1.52. The SMILES string of the molecule is C1C[NH2+]CC[NH2+]1.C1C[NH2+]CC[NH2+]1.[Cr+6].[Cr+6].[Cr+6].[Cr+6].[O-2].[O-2].[O-2].[O-2].[O-2].[O-2].[O-2].[O-2].[O-2].[O-2].[O-2].[O-2].[O-2].[O-2]. The van der Waals surface area contributed by atoms with E-state index >= 15 is 0 Å². The van der Waals surface area contributed by atoms with Crippen molar-refractivity contribution in [3.05, 3.63) is 0 Å². The smallest absolute Gasteiger partial charge is 2.00 e. The number of hydrogen-bond acceptors (Lipinski definition) is 0.